The van der Waals surface area contributed by atoms with Crippen molar-refractivity contribution in [1.82, 2.24) is 0 Å². The van der Waals surface area contributed by atoms with Gasteiger partial charge in [-0.25, -0.2) is 8.37 Å². The maximum atomic E-state index is 11.5. The summed E-state index contributed by atoms with van der Waals surface area (Å²) >= 11 is 0. The number of hydrogen-bond acceptors (Lipinski definition) is 9. The van der Waals surface area contributed by atoms with Gasteiger partial charge < -0.3 is 4.18 Å². The Balaban J connectivity index is 1.66. The highest BCUT2D eigenvalue weighted by Crippen LogP contribution is 2.62. The van der Waals surface area contributed by atoms with Crippen molar-refractivity contribution in [3.63, 3.8) is 0 Å². The Kier molecular flexibility index (Phi) is 6.10. The molecule has 2 saturated carbocycles. The first-order chi connectivity index (χ1) is 15.1. The monoisotopic (exact) mass is 528 g/mol. The maximum Gasteiger partial charge on any atom is 0.446 e. The van der Waals surface area contributed by atoms with Gasteiger partial charge in [-0.3, -0.25) is 13.7 Å². The second kappa shape index (κ2) is 8.12. The van der Waals surface area contributed by atoms with Crippen LogP contribution in [-0.2, 0) is 46.0 Å². The third kappa shape index (κ3) is 5.19. The maximum absolute atomic E-state index is 11.5. The van der Waals surface area contributed by atoms with Crippen LogP contribution < -0.4 is 4.18 Å². The summed E-state index contributed by atoms with van der Waals surface area (Å²) in [4.78, 5) is 0. The predicted molar refractivity (Wildman–Crippen MR) is 111 cm³/mol. The van der Waals surface area contributed by atoms with Gasteiger partial charge in [-0.15, -0.1) is 0 Å². The normalized spacial score (nSPS) is 34.2. The van der Waals surface area contributed by atoms with E-state index in [0.29, 0.717) is 25.7 Å². The standard InChI is InChI=1S/C18H24O12S3/c1-18-7-6-13-12-5-3-11(28-31(19,20)21)8-10(12)2-4-14(13)15(18)9-16(29-32(22,23)24)17(18)30-33(25,26)27/h3,5,8,13-17H,2,4,6-7,9H2,1H3,(H,19,20,21)(H,22,23,24)(H,25,26,27)/t13-,14+,15+,16?,17?,18-/m0/s1. The summed E-state index contributed by atoms with van der Waals surface area (Å²) in [5, 5.41) is 0. The molecule has 0 aromatic heterocycles. The molecule has 0 radical (unpaired) electrons. The topological polar surface area (TPSA) is 191 Å². The van der Waals surface area contributed by atoms with Crippen molar-refractivity contribution in [1.29, 1.82) is 0 Å². The van der Waals surface area contributed by atoms with Crippen LogP contribution in [0.25, 0.3) is 0 Å². The first-order valence-electron chi connectivity index (χ1n) is 10.2. The highest BCUT2D eigenvalue weighted by molar-refractivity contribution is 7.81. The molecule has 0 heterocycles. The molecule has 0 spiro atoms. The van der Waals surface area contributed by atoms with Crippen molar-refractivity contribution in [2.75, 3.05) is 0 Å². The summed E-state index contributed by atoms with van der Waals surface area (Å²) in [6, 6.07) is 4.71. The third-order valence-electron chi connectivity index (χ3n) is 7.28. The molecule has 1 aromatic rings. The summed E-state index contributed by atoms with van der Waals surface area (Å²) in [5.74, 6) is -0.245. The van der Waals surface area contributed by atoms with E-state index in [9.17, 15) is 34.4 Å². The number of aryl methyl sites for hydroxylation is 1. The molecule has 0 saturated heterocycles. The smallest absolute Gasteiger partial charge is 0.362 e. The van der Waals surface area contributed by atoms with E-state index >= 15 is 0 Å². The molecule has 3 N–H and O–H groups in total. The molecule has 4 rings (SSSR count). The van der Waals surface area contributed by atoms with Crippen LogP contribution in [0.5, 0.6) is 5.75 Å². The lowest BCUT2D eigenvalue weighted by Crippen LogP contribution is -2.47. The van der Waals surface area contributed by atoms with Crippen LogP contribution in [0.2, 0.25) is 0 Å². The highest BCUT2D eigenvalue weighted by atomic mass is 32.3. The molecule has 6 atom stereocenters. The molecule has 1 aromatic carbocycles. The van der Waals surface area contributed by atoms with Gasteiger partial charge in [0.2, 0.25) is 0 Å². The van der Waals surface area contributed by atoms with Gasteiger partial charge in [0, 0.05) is 5.41 Å². The van der Waals surface area contributed by atoms with Crippen molar-refractivity contribution >= 4 is 31.2 Å². The van der Waals surface area contributed by atoms with Gasteiger partial charge >= 0.3 is 31.2 Å². The molecule has 15 heteroatoms. The van der Waals surface area contributed by atoms with Gasteiger partial charge in [0.25, 0.3) is 0 Å². The van der Waals surface area contributed by atoms with Gasteiger partial charge in [-0.05, 0) is 73.1 Å². The Morgan fingerprint density at radius 2 is 1.61 bits per heavy atom. The Labute approximate surface area is 192 Å². The predicted octanol–water partition coefficient (Wildman–Crippen LogP) is 1.71. The van der Waals surface area contributed by atoms with E-state index < -0.39 is 48.8 Å². The fourth-order valence-corrected chi connectivity index (χ4v) is 7.67. The average Bonchev–Trinajstić information content (AvgIpc) is 2.89. The van der Waals surface area contributed by atoms with Crippen LogP contribution in [0.3, 0.4) is 0 Å². The van der Waals surface area contributed by atoms with E-state index in [1.54, 1.807) is 19.1 Å². The SMILES string of the molecule is C[C@]12CC[C@H]3c4ccc(OS(=O)(=O)O)cc4CC[C@H]3[C@H]1CC(OS(=O)(=O)O)C2OS(=O)(=O)O. The number of fused-ring (bicyclic) bond motifs is 5. The van der Waals surface area contributed by atoms with E-state index in [0.717, 1.165) is 11.1 Å². The lowest BCUT2D eigenvalue weighted by atomic mass is 9.55. The van der Waals surface area contributed by atoms with Crippen LogP contribution in [0.4, 0.5) is 0 Å². The second-order valence-corrected chi connectivity index (χ2v) is 12.2. The third-order valence-corrected chi connectivity index (χ3v) is 8.63. The van der Waals surface area contributed by atoms with Crippen molar-refractivity contribution in [3.8, 4) is 5.75 Å². The minimum absolute atomic E-state index is 0.00733. The molecule has 0 amide bonds. The molecule has 33 heavy (non-hydrogen) atoms. The van der Waals surface area contributed by atoms with E-state index in [1.165, 1.54) is 6.07 Å². The van der Waals surface area contributed by atoms with Gasteiger partial charge in [0.15, 0.2) is 0 Å². The molecule has 0 bridgehead atoms. The average molecular weight is 529 g/mol. The summed E-state index contributed by atoms with van der Waals surface area (Å²) in [6.07, 6.45) is -0.337. The van der Waals surface area contributed by atoms with E-state index in [2.05, 4.69) is 4.18 Å². The Morgan fingerprint density at radius 1 is 0.939 bits per heavy atom. The fourth-order valence-electron chi connectivity index (χ4n) is 6.22. The molecule has 186 valence electrons. The zero-order chi connectivity index (χ0) is 24.4. The lowest BCUT2D eigenvalue weighted by Gasteiger charge is -2.50. The molecular formula is C18H24O12S3. The molecule has 2 unspecified atom stereocenters. The summed E-state index contributed by atoms with van der Waals surface area (Å²) in [7, 11) is -14.5. The van der Waals surface area contributed by atoms with Gasteiger partial charge in [-0.1, -0.05) is 13.0 Å². The highest BCUT2D eigenvalue weighted by Gasteiger charge is 2.61. The summed E-state index contributed by atoms with van der Waals surface area (Å²) in [5.41, 5.74) is 0.968. The summed E-state index contributed by atoms with van der Waals surface area (Å²) in [6.45, 7) is 1.76. The van der Waals surface area contributed by atoms with Crippen molar-refractivity contribution < 1.29 is 51.5 Å². The Bertz CT molecular complexity index is 1260. The van der Waals surface area contributed by atoms with Gasteiger partial charge in [-0.2, -0.15) is 25.3 Å². The van der Waals surface area contributed by atoms with Crippen LogP contribution in [-0.4, -0.2) is 51.1 Å². The molecular weight excluding hydrogens is 504 g/mol. The van der Waals surface area contributed by atoms with Crippen molar-refractivity contribution in [2.45, 2.75) is 57.2 Å². The number of rotatable bonds is 6. The molecule has 12 nitrogen and oxygen atoms in total. The van der Waals surface area contributed by atoms with Gasteiger partial charge in [0.05, 0.1) is 0 Å². The van der Waals surface area contributed by atoms with Crippen LogP contribution >= 0.6 is 0 Å². The first-order valence-corrected chi connectivity index (χ1v) is 14.3. The van der Waals surface area contributed by atoms with Crippen LogP contribution in [0, 0.1) is 17.3 Å². The minimum Gasteiger partial charge on any atom is -0.362 e. The van der Waals surface area contributed by atoms with E-state index in [-0.39, 0.29) is 29.9 Å². The first kappa shape index (κ1) is 24.8. The number of hydrogen-bond donors (Lipinski definition) is 3. The van der Waals surface area contributed by atoms with Crippen LogP contribution in [0.1, 0.15) is 49.7 Å². The van der Waals surface area contributed by atoms with Crippen molar-refractivity contribution in [2.24, 2.45) is 17.3 Å². The molecule has 0 aliphatic heterocycles. The number of benzene rings is 1. The fraction of sp³-hybridized carbons (Fsp3) is 0.667. The lowest BCUT2D eigenvalue weighted by molar-refractivity contribution is -0.0328. The van der Waals surface area contributed by atoms with Gasteiger partial charge in [0.1, 0.15) is 18.0 Å². The second-order valence-electron chi connectivity index (χ2n) is 9.07. The largest absolute Gasteiger partial charge is 0.446 e. The van der Waals surface area contributed by atoms with E-state index in [1.807, 2.05) is 0 Å². The van der Waals surface area contributed by atoms with Crippen LogP contribution in [0.15, 0.2) is 18.2 Å². The Morgan fingerprint density at radius 3 is 2.21 bits per heavy atom. The molecule has 3 aliphatic rings. The quantitative estimate of drug-likeness (QED) is 0.454. The molecule has 3 aliphatic carbocycles. The van der Waals surface area contributed by atoms with Crippen molar-refractivity contribution in [3.05, 3.63) is 29.3 Å². The molecule has 2 fully saturated rings. The zero-order valence-electron chi connectivity index (χ0n) is 17.4. The van der Waals surface area contributed by atoms with E-state index in [4.69, 9.17) is 12.9 Å². The minimum atomic E-state index is -4.92. The zero-order valence-corrected chi connectivity index (χ0v) is 19.8. The Hall–Kier alpha value is -1.33. The summed E-state index contributed by atoms with van der Waals surface area (Å²) < 4.78 is 109.